The van der Waals surface area contributed by atoms with Gasteiger partial charge in [0.05, 0.1) is 6.20 Å². The predicted molar refractivity (Wildman–Crippen MR) is 86.5 cm³/mol. The molecule has 0 saturated carbocycles. The molecule has 0 unspecified atom stereocenters. The molecule has 22 heavy (non-hydrogen) atoms. The molecule has 3 aromatic rings. The number of carbonyl (C=O) groups is 1. The second kappa shape index (κ2) is 5.50. The van der Waals surface area contributed by atoms with Gasteiger partial charge in [-0.3, -0.25) is 4.79 Å². The Labute approximate surface area is 132 Å². The van der Waals surface area contributed by atoms with E-state index in [0.717, 1.165) is 10.9 Å². The van der Waals surface area contributed by atoms with Gasteiger partial charge in [0, 0.05) is 28.1 Å². The van der Waals surface area contributed by atoms with Crippen molar-refractivity contribution in [3.63, 3.8) is 0 Å². The quantitative estimate of drug-likeness (QED) is 0.777. The van der Waals surface area contributed by atoms with E-state index < -0.39 is 0 Å². The van der Waals surface area contributed by atoms with Crippen LogP contribution in [0.1, 0.15) is 36.0 Å². The summed E-state index contributed by atoms with van der Waals surface area (Å²) in [6, 6.07) is 7.21. The molecule has 0 aliphatic rings. The van der Waals surface area contributed by atoms with Gasteiger partial charge < -0.3 is 9.73 Å². The van der Waals surface area contributed by atoms with Crippen LogP contribution in [0.15, 0.2) is 34.9 Å². The number of hydrogen-bond acceptors (Lipinski definition) is 3. The van der Waals surface area contributed by atoms with E-state index in [1.54, 1.807) is 35.1 Å². The zero-order valence-electron chi connectivity index (χ0n) is 12.6. The van der Waals surface area contributed by atoms with Gasteiger partial charge in [0.1, 0.15) is 11.4 Å². The molecule has 0 fully saturated rings. The van der Waals surface area contributed by atoms with Crippen LogP contribution < -0.4 is 5.32 Å². The van der Waals surface area contributed by atoms with E-state index in [1.165, 1.54) is 0 Å². The number of furan rings is 1. The number of hydrogen-bond donors (Lipinski definition) is 1. The molecule has 0 aliphatic heterocycles. The first kappa shape index (κ1) is 14.7. The highest BCUT2D eigenvalue weighted by Crippen LogP contribution is 2.28. The van der Waals surface area contributed by atoms with Crippen LogP contribution in [0.25, 0.3) is 11.0 Å². The molecular weight excluding hydrogens is 302 g/mol. The van der Waals surface area contributed by atoms with E-state index in [0.29, 0.717) is 16.4 Å². The molecule has 114 valence electrons. The summed E-state index contributed by atoms with van der Waals surface area (Å²) in [6.07, 6.45) is 1.65. The SMILES string of the molecule is Cc1c(C(=O)Nc2ccnn2C(C)C)oc2ccc(Cl)cc12. The summed E-state index contributed by atoms with van der Waals surface area (Å²) < 4.78 is 7.41. The molecule has 1 aromatic carbocycles. The highest BCUT2D eigenvalue weighted by molar-refractivity contribution is 6.31. The van der Waals surface area contributed by atoms with Gasteiger partial charge in [0.15, 0.2) is 5.76 Å². The third kappa shape index (κ3) is 2.48. The number of aryl methyl sites for hydroxylation is 1. The summed E-state index contributed by atoms with van der Waals surface area (Å²) in [5.74, 6) is 0.624. The maximum absolute atomic E-state index is 12.5. The monoisotopic (exact) mass is 317 g/mol. The minimum Gasteiger partial charge on any atom is -0.451 e. The zero-order chi connectivity index (χ0) is 15.9. The molecule has 1 amide bonds. The van der Waals surface area contributed by atoms with E-state index in [2.05, 4.69) is 10.4 Å². The minimum absolute atomic E-state index is 0.154. The average molecular weight is 318 g/mol. The van der Waals surface area contributed by atoms with Crippen molar-refractivity contribution in [1.29, 1.82) is 0 Å². The van der Waals surface area contributed by atoms with Crippen LogP contribution >= 0.6 is 11.6 Å². The third-order valence-electron chi connectivity index (χ3n) is 3.51. The van der Waals surface area contributed by atoms with Gasteiger partial charge in [-0.2, -0.15) is 5.10 Å². The lowest BCUT2D eigenvalue weighted by atomic mass is 10.1. The van der Waals surface area contributed by atoms with Crippen molar-refractivity contribution >= 4 is 34.3 Å². The van der Waals surface area contributed by atoms with Crippen LogP contribution in [0.5, 0.6) is 0 Å². The number of nitrogens with zero attached hydrogens (tertiary/aromatic N) is 2. The van der Waals surface area contributed by atoms with Crippen molar-refractivity contribution in [2.75, 3.05) is 5.32 Å². The standard InChI is InChI=1S/C16H16ClN3O2/c1-9(2)20-14(6-7-18-20)19-16(21)15-10(3)12-8-11(17)4-5-13(12)22-15/h4-9H,1-3H3,(H,19,21). The lowest BCUT2D eigenvalue weighted by Gasteiger charge is -2.11. The molecular formula is C16H16ClN3O2. The molecule has 6 heteroatoms. The number of nitrogens with one attached hydrogen (secondary N) is 1. The smallest absolute Gasteiger partial charge is 0.292 e. The van der Waals surface area contributed by atoms with Gasteiger partial charge in [-0.15, -0.1) is 0 Å². The van der Waals surface area contributed by atoms with Crippen LogP contribution in [0, 0.1) is 6.92 Å². The van der Waals surface area contributed by atoms with Crippen LogP contribution in [-0.4, -0.2) is 15.7 Å². The Hall–Kier alpha value is -2.27. The van der Waals surface area contributed by atoms with Gasteiger partial charge >= 0.3 is 0 Å². The van der Waals surface area contributed by atoms with Crippen molar-refractivity contribution in [3.05, 3.63) is 46.8 Å². The van der Waals surface area contributed by atoms with Crippen LogP contribution in [-0.2, 0) is 0 Å². The second-order valence-corrected chi connectivity index (χ2v) is 5.84. The topological polar surface area (TPSA) is 60.1 Å². The number of anilines is 1. The highest BCUT2D eigenvalue weighted by atomic mass is 35.5. The average Bonchev–Trinajstić information content (AvgIpc) is 3.04. The van der Waals surface area contributed by atoms with E-state index in [4.69, 9.17) is 16.0 Å². The Morgan fingerprint density at radius 3 is 2.86 bits per heavy atom. The molecule has 0 radical (unpaired) electrons. The lowest BCUT2D eigenvalue weighted by molar-refractivity contribution is 0.0997. The maximum Gasteiger partial charge on any atom is 0.292 e. The van der Waals surface area contributed by atoms with Gasteiger partial charge in [0.25, 0.3) is 5.91 Å². The Kier molecular flexibility index (Phi) is 3.66. The largest absolute Gasteiger partial charge is 0.451 e. The van der Waals surface area contributed by atoms with Crippen LogP contribution in [0.3, 0.4) is 0 Å². The first-order valence-electron chi connectivity index (χ1n) is 7.01. The number of aromatic nitrogens is 2. The van der Waals surface area contributed by atoms with E-state index in [9.17, 15) is 4.79 Å². The molecule has 2 aromatic heterocycles. The van der Waals surface area contributed by atoms with Crippen molar-refractivity contribution in [2.24, 2.45) is 0 Å². The van der Waals surface area contributed by atoms with E-state index in [-0.39, 0.29) is 17.7 Å². The molecule has 0 aliphatic carbocycles. The second-order valence-electron chi connectivity index (χ2n) is 5.41. The van der Waals surface area contributed by atoms with Gasteiger partial charge in [-0.25, -0.2) is 4.68 Å². The molecule has 1 N–H and O–H groups in total. The number of benzene rings is 1. The van der Waals surface area contributed by atoms with E-state index in [1.807, 2.05) is 20.8 Å². The normalized spacial score (nSPS) is 11.3. The number of amides is 1. The fraction of sp³-hybridized carbons (Fsp3) is 0.250. The van der Waals surface area contributed by atoms with Crippen molar-refractivity contribution in [3.8, 4) is 0 Å². The third-order valence-corrected chi connectivity index (χ3v) is 3.74. The Bertz CT molecular complexity index is 848. The zero-order valence-corrected chi connectivity index (χ0v) is 13.3. The highest BCUT2D eigenvalue weighted by Gasteiger charge is 2.19. The Morgan fingerprint density at radius 2 is 2.14 bits per heavy atom. The van der Waals surface area contributed by atoms with Crippen molar-refractivity contribution in [2.45, 2.75) is 26.8 Å². The Morgan fingerprint density at radius 1 is 1.36 bits per heavy atom. The number of fused-ring (bicyclic) bond motifs is 1. The first-order valence-corrected chi connectivity index (χ1v) is 7.38. The number of carbonyl (C=O) groups excluding carboxylic acids is 1. The molecule has 2 heterocycles. The predicted octanol–water partition coefficient (Wildman–Crippen LogP) is 4.42. The van der Waals surface area contributed by atoms with Crippen molar-refractivity contribution in [1.82, 2.24) is 9.78 Å². The molecule has 0 saturated heterocycles. The molecule has 5 nitrogen and oxygen atoms in total. The van der Waals surface area contributed by atoms with Gasteiger partial charge in [-0.05, 0) is 39.0 Å². The maximum atomic E-state index is 12.5. The summed E-state index contributed by atoms with van der Waals surface area (Å²) in [4.78, 5) is 12.5. The summed E-state index contributed by atoms with van der Waals surface area (Å²) in [7, 11) is 0. The molecule has 3 rings (SSSR count). The lowest BCUT2D eigenvalue weighted by Crippen LogP contribution is -2.16. The summed E-state index contributed by atoms with van der Waals surface area (Å²) in [5.41, 5.74) is 1.41. The first-order chi connectivity index (χ1) is 10.5. The minimum atomic E-state index is -0.299. The molecule has 0 bridgehead atoms. The van der Waals surface area contributed by atoms with E-state index >= 15 is 0 Å². The number of rotatable bonds is 3. The summed E-state index contributed by atoms with van der Waals surface area (Å²) >= 11 is 6.00. The van der Waals surface area contributed by atoms with Crippen LogP contribution in [0.2, 0.25) is 5.02 Å². The van der Waals surface area contributed by atoms with Gasteiger partial charge in [-0.1, -0.05) is 11.6 Å². The summed E-state index contributed by atoms with van der Waals surface area (Å²) in [5, 5.41) is 8.49. The van der Waals surface area contributed by atoms with Crippen molar-refractivity contribution < 1.29 is 9.21 Å². The summed E-state index contributed by atoms with van der Waals surface area (Å²) in [6.45, 7) is 5.84. The fourth-order valence-electron chi connectivity index (χ4n) is 2.41. The molecule has 0 spiro atoms. The Balaban J connectivity index is 1.95. The van der Waals surface area contributed by atoms with Crippen LogP contribution in [0.4, 0.5) is 5.82 Å². The molecule has 0 atom stereocenters. The number of halogens is 1. The van der Waals surface area contributed by atoms with Gasteiger partial charge in [0.2, 0.25) is 0 Å². The fourth-order valence-corrected chi connectivity index (χ4v) is 2.58.